The standard InChI is InChI=1S/C24H20N6O3/c31-24(20-14-32-18-5-1-2-6-19(18)33-20)29-17-10-8-16(9-11-17)28-22-13-23(27-15-26-22)30-21-7-3-4-12-25-21/h1-13,15,20H,14H2,(H,29,31)(H2,25,26,27,28,30). The molecule has 0 radical (unpaired) electrons. The Labute approximate surface area is 189 Å². The highest BCUT2D eigenvalue weighted by Crippen LogP contribution is 2.31. The van der Waals surface area contributed by atoms with Gasteiger partial charge in [0.15, 0.2) is 11.5 Å². The van der Waals surface area contributed by atoms with Crippen LogP contribution in [0.25, 0.3) is 0 Å². The Hall–Kier alpha value is -4.66. The van der Waals surface area contributed by atoms with E-state index in [1.165, 1.54) is 6.33 Å². The molecule has 164 valence electrons. The number of amides is 1. The number of nitrogens with one attached hydrogen (secondary N) is 3. The highest BCUT2D eigenvalue weighted by Gasteiger charge is 2.27. The van der Waals surface area contributed by atoms with Crippen molar-refractivity contribution in [2.24, 2.45) is 0 Å². The van der Waals surface area contributed by atoms with Crippen LogP contribution >= 0.6 is 0 Å². The van der Waals surface area contributed by atoms with Gasteiger partial charge in [0.2, 0.25) is 6.10 Å². The molecule has 1 amide bonds. The van der Waals surface area contributed by atoms with Gasteiger partial charge >= 0.3 is 0 Å². The third-order valence-corrected chi connectivity index (χ3v) is 4.81. The van der Waals surface area contributed by atoms with Crippen LogP contribution in [0, 0.1) is 0 Å². The van der Waals surface area contributed by atoms with Crippen LogP contribution in [0.15, 0.2) is 85.3 Å². The molecular formula is C24H20N6O3. The normalized spacial score (nSPS) is 14.2. The SMILES string of the molecule is O=C(Nc1ccc(Nc2cc(Nc3ccccn3)ncn2)cc1)C1COc2ccccc2O1. The fraction of sp³-hybridized carbons (Fsp3) is 0.0833. The number of hydrogen-bond acceptors (Lipinski definition) is 8. The number of rotatable bonds is 6. The molecule has 5 rings (SSSR count). The number of nitrogens with zero attached hydrogens (tertiary/aromatic N) is 3. The lowest BCUT2D eigenvalue weighted by atomic mass is 10.2. The summed E-state index contributed by atoms with van der Waals surface area (Å²) in [7, 11) is 0. The van der Waals surface area contributed by atoms with Gasteiger partial charge in [0, 0.05) is 23.6 Å². The van der Waals surface area contributed by atoms with Gasteiger partial charge in [0.25, 0.3) is 5.91 Å². The Morgan fingerprint density at radius 1 is 0.788 bits per heavy atom. The molecule has 3 heterocycles. The van der Waals surface area contributed by atoms with E-state index in [4.69, 9.17) is 9.47 Å². The second-order valence-electron chi connectivity index (χ2n) is 7.18. The zero-order chi connectivity index (χ0) is 22.5. The molecule has 0 saturated heterocycles. The van der Waals surface area contributed by atoms with Gasteiger partial charge in [0.05, 0.1) is 0 Å². The van der Waals surface area contributed by atoms with Crippen molar-refractivity contribution in [1.82, 2.24) is 15.0 Å². The minimum absolute atomic E-state index is 0.158. The number of aromatic nitrogens is 3. The quantitative estimate of drug-likeness (QED) is 0.410. The van der Waals surface area contributed by atoms with Gasteiger partial charge in [-0.05, 0) is 48.5 Å². The van der Waals surface area contributed by atoms with Gasteiger partial charge in [-0.25, -0.2) is 15.0 Å². The van der Waals surface area contributed by atoms with E-state index in [0.717, 1.165) is 5.69 Å². The van der Waals surface area contributed by atoms with E-state index in [2.05, 4.69) is 30.9 Å². The third-order valence-electron chi connectivity index (χ3n) is 4.81. The molecule has 0 spiro atoms. The summed E-state index contributed by atoms with van der Waals surface area (Å²) in [4.78, 5) is 25.3. The molecule has 2 aromatic heterocycles. The number of benzene rings is 2. The Bertz CT molecular complexity index is 1250. The van der Waals surface area contributed by atoms with Crippen molar-refractivity contribution < 1.29 is 14.3 Å². The smallest absolute Gasteiger partial charge is 0.269 e. The average Bonchev–Trinajstić information content (AvgIpc) is 2.86. The summed E-state index contributed by atoms with van der Waals surface area (Å²) in [5.74, 6) is 2.85. The molecule has 1 aliphatic rings. The van der Waals surface area contributed by atoms with Crippen LogP contribution in [-0.2, 0) is 4.79 Å². The summed E-state index contributed by atoms with van der Waals surface area (Å²) in [6, 6.07) is 21.9. The second kappa shape index (κ2) is 9.23. The van der Waals surface area contributed by atoms with Crippen LogP contribution < -0.4 is 25.4 Å². The van der Waals surface area contributed by atoms with Crippen molar-refractivity contribution >= 4 is 34.7 Å². The first-order valence-corrected chi connectivity index (χ1v) is 10.3. The molecule has 1 aliphatic heterocycles. The van der Waals surface area contributed by atoms with Gasteiger partial charge in [0.1, 0.15) is 30.4 Å². The molecular weight excluding hydrogens is 420 g/mol. The first-order valence-electron chi connectivity index (χ1n) is 10.3. The number of pyridine rings is 1. The van der Waals surface area contributed by atoms with E-state index in [9.17, 15) is 4.79 Å². The van der Waals surface area contributed by atoms with Gasteiger partial charge in [-0.3, -0.25) is 4.79 Å². The molecule has 9 nitrogen and oxygen atoms in total. The molecule has 4 aromatic rings. The summed E-state index contributed by atoms with van der Waals surface area (Å²) < 4.78 is 11.4. The van der Waals surface area contributed by atoms with E-state index in [1.807, 2.05) is 48.5 Å². The summed E-state index contributed by atoms with van der Waals surface area (Å²) in [5, 5.41) is 9.20. The number of carbonyl (C=O) groups is 1. The number of ether oxygens (including phenoxy) is 2. The van der Waals surface area contributed by atoms with Crippen molar-refractivity contribution in [3.63, 3.8) is 0 Å². The number of anilines is 5. The van der Waals surface area contributed by atoms with Crippen molar-refractivity contribution in [3.8, 4) is 11.5 Å². The largest absolute Gasteiger partial charge is 0.485 e. The van der Waals surface area contributed by atoms with Crippen LogP contribution in [0.2, 0.25) is 0 Å². The maximum absolute atomic E-state index is 12.6. The van der Waals surface area contributed by atoms with Crippen LogP contribution in [-0.4, -0.2) is 33.6 Å². The molecule has 0 aliphatic carbocycles. The first kappa shape index (κ1) is 20.3. The Morgan fingerprint density at radius 3 is 2.30 bits per heavy atom. The average molecular weight is 440 g/mol. The van der Waals surface area contributed by atoms with Crippen LogP contribution in [0.5, 0.6) is 11.5 Å². The first-order chi connectivity index (χ1) is 16.2. The Morgan fingerprint density at radius 2 is 1.52 bits per heavy atom. The van der Waals surface area contributed by atoms with E-state index >= 15 is 0 Å². The predicted octanol–water partition coefficient (Wildman–Crippen LogP) is 4.14. The molecule has 9 heteroatoms. The van der Waals surface area contributed by atoms with E-state index in [-0.39, 0.29) is 12.5 Å². The summed E-state index contributed by atoms with van der Waals surface area (Å²) in [6.07, 6.45) is 2.45. The summed E-state index contributed by atoms with van der Waals surface area (Å²) in [5.41, 5.74) is 1.45. The monoisotopic (exact) mass is 440 g/mol. The van der Waals surface area contributed by atoms with Gasteiger partial charge in [-0.2, -0.15) is 0 Å². The number of carbonyl (C=O) groups excluding carboxylic acids is 1. The lowest BCUT2D eigenvalue weighted by Crippen LogP contribution is -2.40. The fourth-order valence-electron chi connectivity index (χ4n) is 3.22. The Kier molecular flexibility index (Phi) is 5.66. The molecule has 0 fully saturated rings. The molecule has 2 aromatic carbocycles. The van der Waals surface area contributed by atoms with Crippen molar-refractivity contribution in [1.29, 1.82) is 0 Å². The van der Waals surface area contributed by atoms with Crippen LogP contribution in [0.1, 0.15) is 0 Å². The minimum atomic E-state index is -0.719. The van der Waals surface area contributed by atoms with E-state index < -0.39 is 6.10 Å². The molecule has 0 saturated carbocycles. The number of para-hydroxylation sites is 2. The van der Waals surface area contributed by atoms with Crippen molar-refractivity contribution in [2.75, 3.05) is 22.6 Å². The Balaban J connectivity index is 1.19. The molecule has 1 atom stereocenters. The summed E-state index contributed by atoms with van der Waals surface area (Å²) in [6.45, 7) is 0.158. The molecule has 33 heavy (non-hydrogen) atoms. The molecule has 3 N–H and O–H groups in total. The highest BCUT2D eigenvalue weighted by atomic mass is 16.6. The predicted molar refractivity (Wildman–Crippen MR) is 124 cm³/mol. The van der Waals surface area contributed by atoms with Crippen LogP contribution in [0.3, 0.4) is 0 Å². The van der Waals surface area contributed by atoms with Crippen LogP contribution in [0.4, 0.5) is 28.8 Å². The fourth-order valence-corrected chi connectivity index (χ4v) is 3.22. The van der Waals surface area contributed by atoms with Gasteiger partial charge in [-0.1, -0.05) is 18.2 Å². The zero-order valence-corrected chi connectivity index (χ0v) is 17.4. The van der Waals surface area contributed by atoms with Gasteiger partial charge < -0.3 is 25.4 Å². The second-order valence-corrected chi connectivity index (χ2v) is 7.18. The minimum Gasteiger partial charge on any atom is -0.485 e. The lowest BCUT2D eigenvalue weighted by Gasteiger charge is -2.25. The van der Waals surface area contributed by atoms with Crippen molar-refractivity contribution in [2.45, 2.75) is 6.10 Å². The topological polar surface area (TPSA) is 110 Å². The third kappa shape index (κ3) is 4.99. The highest BCUT2D eigenvalue weighted by molar-refractivity contribution is 5.95. The molecule has 0 bridgehead atoms. The lowest BCUT2D eigenvalue weighted by molar-refractivity contribution is -0.125. The zero-order valence-electron chi connectivity index (χ0n) is 17.4. The van der Waals surface area contributed by atoms with Crippen molar-refractivity contribution in [3.05, 3.63) is 85.3 Å². The number of fused-ring (bicyclic) bond motifs is 1. The maximum Gasteiger partial charge on any atom is 0.269 e. The maximum atomic E-state index is 12.6. The summed E-state index contributed by atoms with van der Waals surface area (Å²) >= 11 is 0. The van der Waals surface area contributed by atoms with E-state index in [1.54, 1.807) is 30.5 Å². The van der Waals surface area contributed by atoms with Gasteiger partial charge in [-0.15, -0.1) is 0 Å². The molecule has 1 unspecified atom stereocenters. The van der Waals surface area contributed by atoms with E-state index in [0.29, 0.717) is 34.6 Å². The number of hydrogen-bond donors (Lipinski definition) is 3.